The summed E-state index contributed by atoms with van der Waals surface area (Å²) in [5.41, 5.74) is 1.49. The number of hydrogen-bond donors (Lipinski definition) is 1. The minimum Gasteiger partial charge on any atom is -0.342 e. The van der Waals surface area contributed by atoms with Crippen LogP contribution in [0.25, 0.3) is 5.69 Å². The predicted octanol–water partition coefficient (Wildman–Crippen LogP) is 5.16. The van der Waals surface area contributed by atoms with Gasteiger partial charge in [0.05, 0.1) is 15.8 Å². The summed E-state index contributed by atoms with van der Waals surface area (Å²) in [7, 11) is 0. The van der Waals surface area contributed by atoms with Crippen molar-refractivity contribution in [3.05, 3.63) is 98.2 Å². The normalized spacial score (nSPS) is 11.8. The standard InChI is InChI=1S/C22H18FN5O3S2/c1-14(24-21(29)19-3-2-12-32-19)20-25-26-22(33-13-15-4-6-16(23)7-5-15)27(20)17-8-10-18(11-9-17)28(30)31/h2-12,14H,13H2,1H3,(H,24,29). The number of thiophene rings is 1. The summed E-state index contributed by atoms with van der Waals surface area (Å²) < 4.78 is 15.0. The van der Waals surface area contributed by atoms with Crippen LogP contribution in [0.15, 0.2) is 71.2 Å². The van der Waals surface area contributed by atoms with Crippen LogP contribution in [0, 0.1) is 15.9 Å². The number of rotatable bonds is 8. The van der Waals surface area contributed by atoms with E-state index in [1.807, 2.05) is 5.38 Å². The van der Waals surface area contributed by atoms with Gasteiger partial charge in [0, 0.05) is 23.6 Å². The van der Waals surface area contributed by atoms with Gasteiger partial charge in [0.2, 0.25) is 0 Å². The fourth-order valence-corrected chi connectivity index (χ4v) is 4.63. The lowest BCUT2D eigenvalue weighted by molar-refractivity contribution is -0.384. The van der Waals surface area contributed by atoms with Crippen molar-refractivity contribution in [3.8, 4) is 5.69 Å². The van der Waals surface area contributed by atoms with E-state index in [1.165, 1.54) is 47.4 Å². The van der Waals surface area contributed by atoms with Crippen LogP contribution >= 0.6 is 23.1 Å². The van der Waals surface area contributed by atoms with Crippen LogP contribution in [0.4, 0.5) is 10.1 Å². The second kappa shape index (κ2) is 9.92. The van der Waals surface area contributed by atoms with Gasteiger partial charge in [-0.3, -0.25) is 19.5 Å². The van der Waals surface area contributed by atoms with E-state index in [0.717, 1.165) is 5.56 Å². The fraction of sp³-hybridized carbons (Fsp3) is 0.136. The quantitative estimate of drug-likeness (QED) is 0.211. The molecule has 0 saturated heterocycles. The summed E-state index contributed by atoms with van der Waals surface area (Å²) in [4.78, 5) is 23.7. The first kappa shape index (κ1) is 22.6. The van der Waals surface area contributed by atoms with Gasteiger partial charge in [-0.15, -0.1) is 21.5 Å². The molecule has 1 amide bonds. The maximum atomic E-state index is 13.2. The summed E-state index contributed by atoms with van der Waals surface area (Å²) in [6, 6.07) is 15.3. The smallest absolute Gasteiger partial charge is 0.269 e. The van der Waals surface area contributed by atoms with Gasteiger partial charge in [0.15, 0.2) is 11.0 Å². The van der Waals surface area contributed by atoms with Crippen LogP contribution in [0.1, 0.15) is 34.0 Å². The van der Waals surface area contributed by atoms with Crippen molar-refractivity contribution in [1.82, 2.24) is 20.1 Å². The maximum Gasteiger partial charge on any atom is 0.269 e. The Kier molecular flexibility index (Phi) is 6.80. The van der Waals surface area contributed by atoms with Crippen molar-refractivity contribution < 1.29 is 14.1 Å². The van der Waals surface area contributed by atoms with Crippen molar-refractivity contribution >= 4 is 34.7 Å². The van der Waals surface area contributed by atoms with Gasteiger partial charge in [-0.2, -0.15) is 0 Å². The molecule has 0 spiro atoms. The van der Waals surface area contributed by atoms with Gasteiger partial charge < -0.3 is 5.32 Å². The van der Waals surface area contributed by atoms with Gasteiger partial charge in [0.25, 0.3) is 11.6 Å². The molecule has 2 heterocycles. The number of thioether (sulfide) groups is 1. The van der Waals surface area contributed by atoms with Gasteiger partial charge in [-0.25, -0.2) is 4.39 Å². The Hall–Kier alpha value is -3.57. The summed E-state index contributed by atoms with van der Waals surface area (Å²) >= 11 is 2.72. The summed E-state index contributed by atoms with van der Waals surface area (Å²) in [5.74, 6) is 0.462. The second-order valence-electron chi connectivity index (χ2n) is 7.04. The van der Waals surface area contributed by atoms with Crippen molar-refractivity contribution in [2.24, 2.45) is 0 Å². The maximum absolute atomic E-state index is 13.2. The molecular weight excluding hydrogens is 465 g/mol. The van der Waals surface area contributed by atoms with E-state index in [-0.39, 0.29) is 17.4 Å². The molecule has 168 valence electrons. The molecule has 8 nitrogen and oxygen atoms in total. The summed E-state index contributed by atoms with van der Waals surface area (Å²) in [6.07, 6.45) is 0. The number of halogens is 1. The third-order valence-electron chi connectivity index (χ3n) is 4.74. The third kappa shape index (κ3) is 5.26. The molecule has 1 atom stereocenters. The molecule has 0 fully saturated rings. The number of benzene rings is 2. The van der Waals surface area contributed by atoms with Crippen molar-refractivity contribution in [2.75, 3.05) is 0 Å². The molecular formula is C22H18FN5O3S2. The van der Waals surface area contributed by atoms with Crippen molar-refractivity contribution in [2.45, 2.75) is 23.9 Å². The highest BCUT2D eigenvalue weighted by molar-refractivity contribution is 7.98. The fourth-order valence-electron chi connectivity index (χ4n) is 3.09. The summed E-state index contributed by atoms with van der Waals surface area (Å²) in [6.45, 7) is 1.80. The molecule has 0 saturated carbocycles. The van der Waals surface area contributed by atoms with E-state index in [1.54, 1.807) is 47.9 Å². The molecule has 4 rings (SSSR count). The minimum atomic E-state index is -0.484. The highest BCUT2D eigenvalue weighted by Gasteiger charge is 2.22. The van der Waals surface area contributed by atoms with Crippen LogP contribution in [0.3, 0.4) is 0 Å². The number of amides is 1. The lowest BCUT2D eigenvalue weighted by atomic mass is 10.2. The molecule has 4 aromatic rings. The van der Waals surface area contributed by atoms with Gasteiger partial charge in [0.1, 0.15) is 5.82 Å². The number of nitrogens with one attached hydrogen (secondary N) is 1. The Bertz CT molecular complexity index is 1260. The van der Waals surface area contributed by atoms with E-state index in [4.69, 9.17) is 0 Å². The van der Waals surface area contributed by atoms with Crippen molar-refractivity contribution in [1.29, 1.82) is 0 Å². The zero-order chi connectivity index (χ0) is 23.4. The number of nitrogens with zero attached hydrogens (tertiary/aromatic N) is 4. The highest BCUT2D eigenvalue weighted by Crippen LogP contribution is 2.28. The first-order chi connectivity index (χ1) is 15.9. The Morgan fingerprint density at radius 3 is 2.55 bits per heavy atom. The topological polar surface area (TPSA) is 103 Å². The third-order valence-corrected chi connectivity index (χ3v) is 6.61. The average Bonchev–Trinajstić information content (AvgIpc) is 3.49. The Balaban J connectivity index is 1.64. The van der Waals surface area contributed by atoms with Crippen LogP contribution in [0.2, 0.25) is 0 Å². The van der Waals surface area contributed by atoms with Crippen LogP contribution in [0.5, 0.6) is 0 Å². The van der Waals surface area contributed by atoms with E-state index < -0.39 is 11.0 Å². The monoisotopic (exact) mass is 483 g/mol. The predicted molar refractivity (Wildman–Crippen MR) is 124 cm³/mol. The molecule has 1 N–H and O–H groups in total. The zero-order valence-corrected chi connectivity index (χ0v) is 19.0. The molecule has 0 aliphatic heterocycles. The van der Waals surface area contributed by atoms with Crippen molar-refractivity contribution in [3.63, 3.8) is 0 Å². The molecule has 2 aromatic carbocycles. The number of aromatic nitrogens is 3. The number of hydrogen-bond acceptors (Lipinski definition) is 7. The second-order valence-corrected chi connectivity index (χ2v) is 8.93. The molecule has 2 aromatic heterocycles. The Labute approximate surface area is 196 Å². The van der Waals surface area contributed by atoms with E-state index in [9.17, 15) is 19.3 Å². The van der Waals surface area contributed by atoms with E-state index in [2.05, 4.69) is 15.5 Å². The number of non-ortho nitro benzene ring substituents is 1. The average molecular weight is 484 g/mol. The number of carbonyl (C=O) groups is 1. The van der Waals surface area contributed by atoms with Crippen LogP contribution < -0.4 is 5.32 Å². The first-order valence-corrected chi connectivity index (χ1v) is 11.7. The van der Waals surface area contributed by atoms with Gasteiger partial charge >= 0.3 is 0 Å². The highest BCUT2D eigenvalue weighted by atomic mass is 32.2. The molecule has 0 radical (unpaired) electrons. The minimum absolute atomic E-state index is 0.0343. The SMILES string of the molecule is CC(NC(=O)c1cccs1)c1nnc(SCc2ccc(F)cc2)n1-c1ccc([N+](=O)[O-])cc1. The number of nitro groups is 1. The zero-order valence-electron chi connectivity index (χ0n) is 17.3. The molecule has 1 unspecified atom stereocenters. The van der Waals surface area contributed by atoms with Gasteiger partial charge in [-0.1, -0.05) is 30.0 Å². The number of nitro benzene ring substituents is 1. The largest absolute Gasteiger partial charge is 0.342 e. The lowest BCUT2D eigenvalue weighted by Crippen LogP contribution is -2.28. The van der Waals surface area contributed by atoms with E-state index in [0.29, 0.717) is 27.3 Å². The Morgan fingerprint density at radius 2 is 1.91 bits per heavy atom. The van der Waals surface area contributed by atoms with Crippen LogP contribution in [-0.2, 0) is 5.75 Å². The Morgan fingerprint density at radius 1 is 1.18 bits per heavy atom. The number of carbonyl (C=O) groups excluding carboxylic acids is 1. The molecule has 0 aliphatic rings. The molecule has 0 aliphatic carbocycles. The molecule has 33 heavy (non-hydrogen) atoms. The summed E-state index contributed by atoms with van der Waals surface area (Å²) in [5, 5.41) is 24.9. The first-order valence-electron chi connectivity index (χ1n) is 9.84. The molecule has 11 heteroatoms. The van der Waals surface area contributed by atoms with Gasteiger partial charge in [-0.05, 0) is 48.2 Å². The van der Waals surface area contributed by atoms with Crippen LogP contribution in [-0.4, -0.2) is 25.6 Å². The van der Waals surface area contributed by atoms with E-state index >= 15 is 0 Å². The molecule has 0 bridgehead atoms. The lowest BCUT2D eigenvalue weighted by Gasteiger charge is -2.16.